The Labute approximate surface area is 173 Å². The van der Waals surface area contributed by atoms with E-state index < -0.39 is 9.84 Å². The molecule has 3 aromatic rings. The van der Waals surface area contributed by atoms with Crippen molar-refractivity contribution < 1.29 is 18.3 Å². The number of benzene rings is 2. The number of aliphatic hydroxyl groups excluding tert-OH is 1. The zero-order valence-corrected chi connectivity index (χ0v) is 17.5. The third kappa shape index (κ3) is 4.10. The molecule has 0 radical (unpaired) electrons. The predicted molar refractivity (Wildman–Crippen MR) is 112 cm³/mol. The molecule has 0 bridgehead atoms. The smallest absolute Gasteiger partial charge is 0.204 e. The minimum absolute atomic E-state index is 0.0372. The van der Waals surface area contributed by atoms with Gasteiger partial charge in [-0.05, 0) is 35.2 Å². The lowest BCUT2D eigenvalue weighted by atomic mass is 9.98. The fourth-order valence-electron chi connectivity index (χ4n) is 3.39. The molecule has 1 aliphatic rings. The van der Waals surface area contributed by atoms with Gasteiger partial charge in [0.1, 0.15) is 0 Å². The number of anilines is 1. The van der Waals surface area contributed by atoms with E-state index in [9.17, 15) is 18.3 Å². The van der Waals surface area contributed by atoms with E-state index in [4.69, 9.17) is 0 Å². The minimum Gasteiger partial charge on any atom is -0.392 e. The first-order chi connectivity index (χ1) is 13.8. The molecule has 0 amide bonds. The molecule has 1 aromatic heterocycles. The van der Waals surface area contributed by atoms with Crippen molar-refractivity contribution in [1.29, 1.82) is 0 Å². The molecule has 2 aromatic carbocycles. The summed E-state index contributed by atoms with van der Waals surface area (Å²) in [5.74, 6) is -0.232. The molecule has 0 unspecified atom stereocenters. The normalized spacial score (nSPS) is 13.9. The van der Waals surface area contributed by atoms with Gasteiger partial charge in [-0.2, -0.15) is 0 Å². The summed E-state index contributed by atoms with van der Waals surface area (Å²) in [6.45, 7) is 1.52. The Kier molecular flexibility index (Phi) is 5.24. The number of aliphatic hydroxyl groups is 1. The maximum atomic E-state index is 12.8. The van der Waals surface area contributed by atoms with Crippen molar-refractivity contribution in [3.05, 3.63) is 75.8 Å². The predicted octanol–water partition coefficient (Wildman–Crippen LogP) is 2.83. The van der Waals surface area contributed by atoms with Gasteiger partial charge in [-0.3, -0.25) is 4.79 Å². The van der Waals surface area contributed by atoms with Crippen molar-refractivity contribution in [1.82, 2.24) is 4.98 Å². The van der Waals surface area contributed by atoms with E-state index in [0.29, 0.717) is 17.0 Å². The number of carbonyl (C=O) groups excluding carboxylic acids is 1. The molecule has 0 fully saturated rings. The number of hydrogen-bond donors (Lipinski definition) is 1. The first kappa shape index (κ1) is 19.8. The lowest BCUT2D eigenvalue weighted by Gasteiger charge is -2.28. The van der Waals surface area contributed by atoms with Gasteiger partial charge in [0.05, 0.1) is 22.6 Å². The fourth-order valence-corrected chi connectivity index (χ4v) is 4.96. The summed E-state index contributed by atoms with van der Waals surface area (Å²) in [5, 5.41) is 10.1. The zero-order chi connectivity index (χ0) is 20.6. The number of rotatable bonds is 5. The average molecular weight is 429 g/mol. The number of sulfone groups is 1. The van der Waals surface area contributed by atoms with Crippen LogP contribution >= 0.6 is 11.3 Å². The van der Waals surface area contributed by atoms with Gasteiger partial charge < -0.3 is 10.0 Å². The van der Waals surface area contributed by atoms with E-state index in [0.717, 1.165) is 29.9 Å². The van der Waals surface area contributed by atoms with Gasteiger partial charge in [0.2, 0.25) is 5.78 Å². The van der Waals surface area contributed by atoms with Gasteiger partial charge in [0, 0.05) is 24.9 Å². The Morgan fingerprint density at radius 3 is 2.79 bits per heavy atom. The van der Waals surface area contributed by atoms with Crippen molar-refractivity contribution in [3.8, 4) is 0 Å². The van der Waals surface area contributed by atoms with E-state index in [1.165, 1.54) is 34.6 Å². The molecule has 29 heavy (non-hydrogen) atoms. The summed E-state index contributed by atoms with van der Waals surface area (Å²) < 4.78 is 23.5. The molecule has 0 saturated carbocycles. The topological polar surface area (TPSA) is 87.6 Å². The van der Waals surface area contributed by atoms with Crippen molar-refractivity contribution in [2.24, 2.45) is 0 Å². The van der Waals surface area contributed by atoms with Crippen LogP contribution in [0.3, 0.4) is 0 Å². The fraction of sp³-hybridized carbons (Fsp3) is 0.238. The number of aromatic nitrogens is 1. The molecule has 2 heterocycles. The van der Waals surface area contributed by atoms with Crippen molar-refractivity contribution in [2.45, 2.75) is 24.5 Å². The molecule has 150 valence electrons. The molecule has 1 N–H and O–H groups in total. The van der Waals surface area contributed by atoms with Crippen LogP contribution in [0.1, 0.15) is 31.9 Å². The summed E-state index contributed by atoms with van der Waals surface area (Å²) in [7, 11) is -3.37. The molecule has 8 heteroatoms. The Bertz CT molecular complexity index is 1180. The highest BCUT2D eigenvalue weighted by Crippen LogP contribution is 2.30. The first-order valence-electron chi connectivity index (χ1n) is 9.12. The van der Waals surface area contributed by atoms with Crippen molar-refractivity contribution in [3.63, 3.8) is 0 Å². The van der Waals surface area contributed by atoms with Gasteiger partial charge in [-0.15, -0.1) is 0 Å². The monoisotopic (exact) mass is 428 g/mol. The second-order valence-corrected chi connectivity index (χ2v) is 10.1. The van der Waals surface area contributed by atoms with Gasteiger partial charge in [0.25, 0.3) is 0 Å². The maximum absolute atomic E-state index is 12.8. The second-order valence-electron chi connectivity index (χ2n) is 7.07. The number of thiazole rings is 1. The number of carbonyl (C=O) groups is 1. The molecule has 0 atom stereocenters. The number of ketones is 1. The lowest BCUT2D eigenvalue weighted by molar-refractivity contribution is 0.104. The van der Waals surface area contributed by atoms with E-state index in [1.807, 2.05) is 18.2 Å². The highest BCUT2D eigenvalue weighted by atomic mass is 32.2. The van der Waals surface area contributed by atoms with Gasteiger partial charge in [0.15, 0.2) is 15.0 Å². The lowest BCUT2D eigenvalue weighted by Crippen LogP contribution is -2.30. The van der Waals surface area contributed by atoms with Crippen LogP contribution in [0.2, 0.25) is 0 Å². The van der Waals surface area contributed by atoms with Crippen LogP contribution in [0.15, 0.2) is 53.6 Å². The molecule has 4 rings (SSSR count). The van der Waals surface area contributed by atoms with Crippen LogP contribution in [0.25, 0.3) is 0 Å². The number of hydrogen-bond acceptors (Lipinski definition) is 7. The van der Waals surface area contributed by atoms with Gasteiger partial charge >= 0.3 is 0 Å². The van der Waals surface area contributed by atoms with Crippen LogP contribution in [0, 0.1) is 0 Å². The van der Waals surface area contributed by atoms with E-state index in [1.54, 1.807) is 18.3 Å². The minimum atomic E-state index is -3.37. The van der Waals surface area contributed by atoms with E-state index in [2.05, 4.69) is 9.88 Å². The molecule has 1 aliphatic heterocycles. The molecule has 0 spiro atoms. The molecule has 6 nitrogen and oxygen atoms in total. The van der Waals surface area contributed by atoms with Crippen LogP contribution in [0.5, 0.6) is 0 Å². The summed E-state index contributed by atoms with van der Waals surface area (Å²) in [6.07, 6.45) is 3.53. The third-order valence-electron chi connectivity index (χ3n) is 4.98. The number of fused-ring (bicyclic) bond motifs is 1. The maximum Gasteiger partial charge on any atom is 0.204 e. The number of nitrogens with zero attached hydrogens (tertiary/aromatic N) is 2. The summed E-state index contributed by atoms with van der Waals surface area (Å²) in [4.78, 5) is 20.0. The summed E-state index contributed by atoms with van der Waals surface area (Å²) >= 11 is 1.31. The zero-order valence-electron chi connectivity index (χ0n) is 15.8. The highest BCUT2D eigenvalue weighted by Gasteiger charge is 2.21. The Morgan fingerprint density at radius 2 is 2.03 bits per heavy atom. The van der Waals surface area contributed by atoms with E-state index >= 15 is 0 Å². The first-order valence-corrected chi connectivity index (χ1v) is 11.8. The average Bonchev–Trinajstić information content (AvgIpc) is 3.22. The largest absolute Gasteiger partial charge is 0.392 e. The van der Waals surface area contributed by atoms with Crippen molar-refractivity contribution in [2.75, 3.05) is 17.7 Å². The Balaban J connectivity index is 1.55. The van der Waals surface area contributed by atoms with Crippen molar-refractivity contribution >= 4 is 32.1 Å². The van der Waals surface area contributed by atoms with Crippen LogP contribution < -0.4 is 4.90 Å². The molecular formula is C21H20N2O4S2. The molecular weight excluding hydrogens is 408 g/mol. The Morgan fingerprint density at radius 1 is 1.21 bits per heavy atom. The molecule has 0 aliphatic carbocycles. The van der Waals surface area contributed by atoms with Gasteiger partial charge in [-0.25, -0.2) is 13.4 Å². The van der Waals surface area contributed by atoms with E-state index in [-0.39, 0.29) is 17.3 Å². The summed E-state index contributed by atoms with van der Waals surface area (Å²) in [6, 6.07) is 12.1. The van der Waals surface area contributed by atoms with Crippen LogP contribution in [0.4, 0.5) is 5.13 Å². The van der Waals surface area contributed by atoms with Crippen LogP contribution in [-0.4, -0.2) is 37.1 Å². The molecule has 0 saturated heterocycles. The van der Waals surface area contributed by atoms with Crippen LogP contribution in [-0.2, 0) is 29.4 Å². The SMILES string of the molecule is CS(=O)(=O)c1cccc(C(=O)c2cnc(N3CCc4cc(CO)ccc4C3)s2)c1. The quantitative estimate of drug-likeness (QED) is 0.629. The Hall–Kier alpha value is -2.55. The third-order valence-corrected chi connectivity index (χ3v) is 7.14. The van der Waals surface area contributed by atoms with Gasteiger partial charge in [-0.1, -0.05) is 41.7 Å². The standard InChI is InChI=1S/C21H20N2O4S2/c1-29(26,27)18-4-2-3-16(10-18)20(25)19-11-22-21(28-19)23-8-7-15-9-14(13-24)5-6-17(15)12-23/h2-6,9-11,24H,7-8,12-13H2,1H3. The second kappa shape index (κ2) is 7.70. The summed E-state index contributed by atoms with van der Waals surface area (Å²) in [5.41, 5.74) is 3.68. The highest BCUT2D eigenvalue weighted by molar-refractivity contribution is 7.90.